The molecular weight excluding hydrogens is 300 g/mol. The lowest BCUT2D eigenvalue weighted by Gasteiger charge is -2.37. The number of benzene rings is 1. The molecule has 1 saturated heterocycles. The molecule has 1 aliphatic heterocycles. The molecule has 124 valence electrons. The van der Waals surface area contributed by atoms with Crippen LogP contribution in [0, 0.1) is 13.8 Å². The highest BCUT2D eigenvalue weighted by Gasteiger charge is 2.26. The van der Waals surface area contributed by atoms with Gasteiger partial charge in [-0.15, -0.1) is 0 Å². The summed E-state index contributed by atoms with van der Waals surface area (Å²) in [6, 6.07) is 8.62. The Morgan fingerprint density at radius 1 is 1.12 bits per heavy atom. The molecule has 1 aliphatic rings. The Labute approximate surface area is 141 Å². The van der Waals surface area contributed by atoms with Gasteiger partial charge in [-0.3, -0.25) is 0 Å². The third kappa shape index (κ3) is 2.72. The molecule has 4 rings (SSSR count). The topological polar surface area (TPSA) is 59.7 Å². The van der Waals surface area contributed by atoms with E-state index in [2.05, 4.69) is 37.1 Å². The number of hydrogen-bond acceptors (Lipinski definition) is 5. The van der Waals surface area contributed by atoms with Crippen LogP contribution in [-0.2, 0) is 6.54 Å². The van der Waals surface area contributed by atoms with Crippen LogP contribution in [0.4, 0.5) is 5.82 Å². The smallest absolute Gasteiger partial charge is 0.147 e. The summed E-state index contributed by atoms with van der Waals surface area (Å²) >= 11 is 0. The molecule has 0 spiro atoms. The Hall–Kier alpha value is -2.50. The Balaban J connectivity index is 1.70. The summed E-state index contributed by atoms with van der Waals surface area (Å²) < 4.78 is 2.03. The summed E-state index contributed by atoms with van der Waals surface area (Å²) in [6.45, 7) is 5.84. The lowest BCUT2D eigenvalue weighted by atomic mass is 10.0. The second-order valence-corrected chi connectivity index (χ2v) is 6.45. The van der Waals surface area contributed by atoms with Gasteiger partial charge in [-0.1, -0.05) is 12.1 Å². The van der Waals surface area contributed by atoms with Crippen molar-refractivity contribution < 1.29 is 0 Å². The first-order valence-electron chi connectivity index (χ1n) is 8.57. The highest BCUT2D eigenvalue weighted by atomic mass is 15.4. The molecule has 0 aliphatic carbocycles. The molecule has 6 heteroatoms. The standard InChI is InChI=1S/C18H22N6/c1-13-21-14(2)24(22-13)11-15-7-5-6-10-23(15)18-16-8-3-4-9-17(16)19-12-20-18/h3-4,8-9,12,15H,5-7,10-11H2,1-2H3/t15-/m1/s1. The van der Waals surface area contributed by atoms with Gasteiger partial charge in [0.25, 0.3) is 0 Å². The lowest BCUT2D eigenvalue weighted by Crippen LogP contribution is -2.43. The minimum absolute atomic E-state index is 0.386. The summed E-state index contributed by atoms with van der Waals surface area (Å²) in [5.41, 5.74) is 1.000. The quantitative estimate of drug-likeness (QED) is 0.742. The average molecular weight is 322 g/mol. The summed E-state index contributed by atoms with van der Waals surface area (Å²) in [5, 5.41) is 5.66. The number of nitrogens with zero attached hydrogens (tertiary/aromatic N) is 6. The maximum Gasteiger partial charge on any atom is 0.147 e. The molecule has 0 N–H and O–H groups in total. The number of piperidine rings is 1. The van der Waals surface area contributed by atoms with Gasteiger partial charge in [-0.05, 0) is 45.2 Å². The second kappa shape index (κ2) is 6.19. The second-order valence-electron chi connectivity index (χ2n) is 6.45. The normalized spacial score (nSPS) is 18.2. The Morgan fingerprint density at radius 3 is 2.83 bits per heavy atom. The van der Waals surface area contributed by atoms with Crippen molar-refractivity contribution in [2.24, 2.45) is 0 Å². The van der Waals surface area contributed by atoms with E-state index in [-0.39, 0.29) is 0 Å². The van der Waals surface area contributed by atoms with Crippen LogP contribution >= 0.6 is 0 Å². The van der Waals surface area contributed by atoms with E-state index in [1.165, 1.54) is 12.8 Å². The van der Waals surface area contributed by atoms with Gasteiger partial charge in [0.05, 0.1) is 18.1 Å². The molecular formula is C18H22N6. The molecule has 0 saturated carbocycles. The van der Waals surface area contributed by atoms with E-state index in [1.807, 2.05) is 30.7 Å². The fourth-order valence-corrected chi connectivity index (χ4v) is 3.62. The van der Waals surface area contributed by atoms with Gasteiger partial charge in [-0.2, -0.15) is 5.10 Å². The number of fused-ring (bicyclic) bond motifs is 1. The maximum absolute atomic E-state index is 4.62. The fourth-order valence-electron chi connectivity index (χ4n) is 3.62. The van der Waals surface area contributed by atoms with Crippen LogP contribution in [0.2, 0.25) is 0 Å². The van der Waals surface area contributed by atoms with Gasteiger partial charge in [0.2, 0.25) is 0 Å². The predicted octanol–water partition coefficient (Wildman–Crippen LogP) is 2.90. The van der Waals surface area contributed by atoms with Crippen LogP contribution in [0.5, 0.6) is 0 Å². The van der Waals surface area contributed by atoms with Crippen LogP contribution in [-0.4, -0.2) is 37.3 Å². The van der Waals surface area contributed by atoms with Crippen molar-refractivity contribution in [1.29, 1.82) is 0 Å². The number of aryl methyl sites for hydroxylation is 2. The van der Waals surface area contributed by atoms with Gasteiger partial charge in [0.15, 0.2) is 0 Å². The van der Waals surface area contributed by atoms with E-state index in [1.54, 1.807) is 6.33 Å². The number of aromatic nitrogens is 5. The molecule has 3 aromatic rings. The average Bonchev–Trinajstić information content (AvgIpc) is 2.92. The zero-order chi connectivity index (χ0) is 16.5. The minimum atomic E-state index is 0.386. The molecule has 24 heavy (non-hydrogen) atoms. The number of para-hydroxylation sites is 1. The Bertz CT molecular complexity index is 850. The first-order valence-corrected chi connectivity index (χ1v) is 8.57. The highest BCUT2D eigenvalue weighted by Crippen LogP contribution is 2.29. The Kier molecular flexibility index (Phi) is 3.88. The molecule has 3 heterocycles. The fraction of sp³-hybridized carbons (Fsp3) is 0.444. The van der Waals surface area contributed by atoms with Crippen LogP contribution in [0.1, 0.15) is 30.9 Å². The lowest BCUT2D eigenvalue weighted by molar-refractivity contribution is 0.392. The molecule has 1 atom stereocenters. The maximum atomic E-state index is 4.62. The van der Waals surface area contributed by atoms with Crippen LogP contribution < -0.4 is 4.90 Å². The summed E-state index contributed by atoms with van der Waals surface area (Å²) in [5.74, 6) is 2.85. The molecule has 0 bridgehead atoms. The van der Waals surface area contributed by atoms with E-state index in [9.17, 15) is 0 Å². The van der Waals surface area contributed by atoms with Gasteiger partial charge >= 0.3 is 0 Å². The van der Waals surface area contributed by atoms with Crippen LogP contribution in [0.3, 0.4) is 0 Å². The van der Waals surface area contributed by atoms with Crippen LogP contribution in [0.25, 0.3) is 10.9 Å². The monoisotopic (exact) mass is 322 g/mol. The number of rotatable bonds is 3. The SMILES string of the molecule is Cc1nc(C)n(C[C@H]2CCCCN2c2ncnc3ccccc23)n1. The number of anilines is 1. The summed E-state index contributed by atoms with van der Waals surface area (Å²) in [7, 11) is 0. The van der Waals surface area contributed by atoms with Crippen molar-refractivity contribution in [2.45, 2.75) is 45.7 Å². The summed E-state index contributed by atoms with van der Waals surface area (Å²) in [6.07, 6.45) is 5.27. The van der Waals surface area contributed by atoms with Crippen molar-refractivity contribution in [3.63, 3.8) is 0 Å². The molecule has 1 fully saturated rings. The third-order valence-electron chi connectivity index (χ3n) is 4.77. The van der Waals surface area contributed by atoms with E-state index < -0.39 is 0 Å². The van der Waals surface area contributed by atoms with E-state index in [4.69, 9.17) is 0 Å². The van der Waals surface area contributed by atoms with Crippen molar-refractivity contribution in [1.82, 2.24) is 24.7 Å². The van der Waals surface area contributed by atoms with E-state index in [0.29, 0.717) is 6.04 Å². The molecule has 0 radical (unpaired) electrons. The molecule has 6 nitrogen and oxygen atoms in total. The van der Waals surface area contributed by atoms with Crippen molar-refractivity contribution in [3.05, 3.63) is 42.2 Å². The molecule has 1 aromatic carbocycles. The minimum Gasteiger partial charge on any atom is -0.351 e. The zero-order valence-electron chi connectivity index (χ0n) is 14.2. The number of hydrogen-bond donors (Lipinski definition) is 0. The summed E-state index contributed by atoms with van der Waals surface area (Å²) in [4.78, 5) is 15.9. The molecule has 0 unspecified atom stereocenters. The van der Waals surface area contributed by atoms with Crippen molar-refractivity contribution in [2.75, 3.05) is 11.4 Å². The highest BCUT2D eigenvalue weighted by molar-refractivity contribution is 5.89. The van der Waals surface area contributed by atoms with Gasteiger partial charge in [0, 0.05) is 11.9 Å². The predicted molar refractivity (Wildman–Crippen MR) is 94.0 cm³/mol. The van der Waals surface area contributed by atoms with E-state index >= 15 is 0 Å². The first-order chi connectivity index (χ1) is 11.7. The Morgan fingerprint density at radius 2 is 2.00 bits per heavy atom. The molecule has 2 aromatic heterocycles. The van der Waals surface area contributed by atoms with Crippen molar-refractivity contribution in [3.8, 4) is 0 Å². The van der Waals surface area contributed by atoms with Crippen molar-refractivity contribution >= 4 is 16.7 Å². The first kappa shape index (κ1) is 15.1. The van der Waals surface area contributed by atoms with Crippen LogP contribution in [0.15, 0.2) is 30.6 Å². The van der Waals surface area contributed by atoms with Gasteiger partial charge in [-0.25, -0.2) is 19.6 Å². The zero-order valence-corrected chi connectivity index (χ0v) is 14.2. The van der Waals surface area contributed by atoms with E-state index in [0.717, 1.165) is 47.9 Å². The largest absolute Gasteiger partial charge is 0.351 e. The van der Waals surface area contributed by atoms with Gasteiger partial charge < -0.3 is 4.90 Å². The third-order valence-corrected chi connectivity index (χ3v) is 4.77. The molecule has 0 amide bonds. The van der Waals surface area contributed by atoms with Gasteiger partial charge in [0.1, 0.15) is 23.8 Å².